The molecule has 4 aromatic rings. The van der Waals surface area contributed by atoms with Crippen LogP contribution in [0.5, 0.6) is 11.8 Å². The average Bonchev–Trinajstić information content (AvgIpc) is 3.18. The summed E-state index contributed by atoms with van der Waals surface area (Å²) >= 11 is 0. The first-order chi connectivity index (χ1) is 18.5. The third-order valence-electron chi connectivity index (χ3n) is 6.66. The third kappa shape index (κ3) is 5.34. The Labute approximate surface area is 226 Å². The molecule has 3 aromatic heterocycles. The van der Waals surface area contributed by atoms with Crippen molar-refractivity contribution >= 4 is 22.9 Å². The number of halogens is 1. The number of fused-ring (bicyclic) bond motifs is 1. The zero-order valence-electron chi connectivity index (χ0n) is 22.7. The van der Waals surface area contributed by atoms with Gasteiger partial charge < -0.3 is 24.7 Å². The number of nitrogens with zero attached hydrogens (tertiary/aromatic N) is 6. The Morgan fingerprint density at radius 1 is 1.15 bits per heavy atom. The highest BCUT2D eigenvalue weighted by molar-refractivity contribution is 5.91. The number of anilines is 1. The van der Waals surface area contributed by atoms with Crippen LogP contribution in [0.4, 0.5) is 15.0 Å². The van der Waals surface area contributed by atoms with Crippen LogP contribution < -0.4 is 10.5 Å². The number of ether oxygens (including phenoxy) is 2. The highest BCUT2D eigenvalue weighted by Gasteiger charge is 2.33. The summed E-state index contributed by atoms with van der Waals surface area (Å²) in [7, 11) is 0. The SMILES string of the molecule is Cc1ccnc(Oc2ccc(-n3c(C4CCCN(C(=O)OC(C)(C)C)C4)c(C)c4ncnc(N)c43)cc2F)n1. The number of hydrogen-bond acceptors (Lipinski definition) is 8. The molecule has 1 unspecified atom stereocenters. The Morgan fingerprint density at radius 2 is 1.95 bits per heavy atom. The number of amides is 1. The average molecular weight is 534 g/mol. The molecule has 11 heteroatoms. The van der Waals surface area contributed by atoms with E-state index in [9.17, 15) is 4.79 Å². The van der Waals surface area contributed by atoms with Crippen LogP contribution in [-0.4, -0.2) is 54.2 Å². The van der Waals surface area contributed by atoms with Gasteiger partial charge >= 0.3 is 12.1 Å². The highest BCUT2D eigenvalue weighted by Crippen LogP contribution is 2.39. The van der Waals surface area contributed by atoms with E-state index in [2.05, 4.69) is 19.9 Å². The normalized spacial score (nSPS) is 15.9. The molecule has 0 spiro atoms. The predicted octanol–water partition coefficient (Wildman–Crippen LogP) is 5.46. The largest absolute Gasteiger partial charge is 0.444 e. The van der Waals surface area contributed by atoms with Gasteiger partial charge in [-0.05, 0) is 71.2 Å². The summed E-state index contributed by atoms with van der Waals surface area (Å²) in [5.74, 6) is -0.364. The number of nitrogens with two attached hydrogens (primary N) is 1. The summed E-state index contributed by atoms with van der Waals surface area (Å²) in [6, 6.07) is 6.46. The Kier molecular flexibility index (Phi) is 6.83. The summed E-state index contributed by atoms with van der Waals surface area (Å²) in [6.45, 7) is 10.4. The van der Waals surface area contributed by atoms with Gasteiger partial charge in [-0.3, -0.25) is 0 Å². The molecule has 0 saturated carbocycles. The van der Waals surface area contributed by atoms with Gasteiger partial charge in [0.05, 0.1) is 5.52 Å². The van der Waals surface area contributed by atoms with Crippen molar-refractivity contribution in [1.29, 1.82) is 0 Å². The van der Waals surface area contributed by atoms with Crippen LogP contribution in [0.2, 0.25) is 0 Å². The molecule has 10 nitrogen and oxygen atoms in total. The molecule has 1 fully saturated rings. The van der Waals surface area contributed by atoms with E-state index in [1.165, 1.54) is 18.5 Å². The van der Waals surface area contributed by atoms with E-state index < -0.39 is 11.4 Å². The van der Waals surface area contributed by atoms with Crippen LogP contribution in [0.25, 0.3) is 16.7 Å². The minimum Gasteiger partial charge on any atom is -0.444 e. The summed E-state index contributed by atoms with van der Waals surface area (Å²) in [5.41, 5.74) is 10.1. The molecule has 39 heavy (non-hydrogen) atoms. The lowest BCUT2D eigenvalue weighted by molar-refractivity contribution is 0.0196. The van der Waals surface area contributed by atoms with Crippen LogP contribution >= 0.6 is 0 Å². The van der Waals surface area contributed by atoms with E-state index in [4.69, 9.17) is 15.2 Å². The monoisotopic (exact) mass is 533 g/mol. The fourth-order valence-electron chi connectivity index (χ4n) is 5.03. The number of nitrogen functional groups attached to an aromatic ring is 1. The number of rotatable bonds is 4. The quantitative estimate of drug-likeness (QED) is 0.367. The number of aryl methyl sites for hydroxylation is 2. The lowest BCUT2D eigenvalue weighted by atomic mass is 9.92. The van der Waals surface area contributed by atoms with Gasteiger partial charge in [0.15, 0.2) is 17.4 Å². The van der Waals surface area contributed by atoms with Gasteiger partial charge in [0.25, 0.3) is 0 Å². The molecule has 2 N–H and O–H groups in total. The minimum atomic E-state index is -0.594. The van der Waals surface area contributed by atoms with Crippen LogP contribution in [0.1, 0.15) is 56.5 Å². The number of piperidine rings is 1. The first kappa shape index (κ1) is 26.3. The van der Waals surface area contributed by atoms with Gasteiger partial charge in [-0.1, -0.05) is 0 Å². The first-order valence-corrected chi connectivity index (χ1v) is 12.9. The Hall–Kier alpha value is -4.28. The van der Waals surface area contributed by atoms with Crippen LogP contribution in [0, 0.1) is 19.7 Å². The third-order valence-corrected chi connectivity index (χ3v) is 6.66. The Morgan fingerprint density at radius 3 is 2.67 bits per heavy atom. The molecule has 1 aromatic carbocycles. The molecule has 1 aliphatic rings. The van der Waals surface area contributed by atoms with Crippen molar-refractivity contribution in [1.82, 2.24) is 29.4 Å². The van der Waals surface area contributed by atoms with Crippen LogP contribution in [0.15, 0.2) is 36.8 Å². The van der Waals surface area contributed by atoms with E-state index in [-0.39, 0.29) is 29.6 Å². The van der Waals surface area contributed by atoms with Crippen molar-refractivity contribution in [2.45, 2.75) is 59.0 Å². The lowest BCUT2D eigenvalue weighted by Crippen LogP contribution is -2.42. The summed E-state index contributed by atoms with van der Waals surface area (Å²) < 4.78 is 28.5. The molecule has 4 heterocycles. The van der Waals surface area contributed by atoms with E-state index in [1.54, 1.807) is 30.2 Å². The van der Waals surface area contributed by atoms with Crippen LogP contribution in [0.3, 0.4) is 0 Å². The zero-order chi connectivity index (χ0) is 27.9. The lowest BCUT2D eigenvalue weighted by Gasteiger charge is -2.35. The summed E-state index contributed by atoms with van der Waals surface area (Å²) in [6.07, 6.45) is 4.25. The Bertz CT molecular complexity index is 1550. The van der Waals surface area contributed by atoms with Gasteiger partial charge in [0, 0.05) is 48.3 Å². The second kappa shape index (κ2) is 10.1. The molecular weight excluding hydrogens is 501 g/mol. The number of hydrogen-bond donors (Lipinski definition) is 1. The Balaban J connectivity index is 1.56. The van der Waals surface area contributed by atoms with E-state index in [0.717, 1.165) is 24.1 Å². The molecule has 0 bridgehead atoms. The fraction of sp³-hybridized carbons (Fsp3) is 0.393. The maximum Gasteiger partial charge on any atom is 0.410 e. The standard InChI is InChI=1S/C28H32FN7O3/c1-16-10-11-31-26(34-16)38-21-9-8-19(13-20(21)29)36-23(17(2)22-24(36)25(30)33-15-32-22)18-7-6-12-35(14-18)27(37)39-28(3,4)5/h8-11,13,15,18H,6-7,12,14H2,1-5H3,(H2,30,32,33). The molecule has 1 atom stereocenters. The molecule has 5 rings (SSSR count). The van der Waals surface area contributed by atoms with E-state index in [1.807, 2.05) is 32.3 Å². The second-order valence-corrected chi connectivity index (χ2v) is 10.8. The second-order valence-electron chi connectivity index (χ2n) is 10.8. The van der Waals surface area contributed by atoms with Crippen molar-refractivity contribution in [3.63, 3.8) is 0 Å². The number of benzene rings is 1. The molecule has 1 saturated heterocycles. The van der Waals surface area contributed by atoms with Gasteiger partial charge in [-0.25, -0.2) is 29.1 Å². The minimum absolute atomic E-state index is 0.00271. The maximum absolute atomic E-state index is 15.4. The topological polar surface area (TPSA) is 121 Å². The smallest absolute Gasteiger partial charge is 0.410 e. The summed E-state index contributed by atoms with van der Waals surface area (Å²) in [5, 5.41) is 0. The van der Waals surface area contributed by atoms with Gasteiger partial charge in [0.1, 0.15) is 17.4 Å². The molecule has 0 aliphatic carbocycles. The number of carbonyl (C=O) groups is 1. The highest BCUT2D eigenvalue weighted by atomic mass is 19.1. The maximum atomic E-state index is 15.4. The van der Waals surface area contributed by atoms with Crippen LogP contribution in [-0.2, 0) is 4.74 Å². The zero-order valence-corrected chi connectivity index (χ0v) is 22.7. The van der Waals surface area contributed by atoms with E-state index >= 15 is 4.39 Å². The van der Waals surface area contributed by atoms with Crippen molar-refractivity contribution in [2.24, 2.45) is 0 Å². The molecule has 1 aliphatic heterocycles. The van der Waals surface area contributed by atoms with Gasteiger partial charge in [-0.15, -0.1) is 0 Å². The van der Waals surface area contributed by atoms with Crippen molar-refractivity contribution in [3.8, 4) is 17.4 Å². The molecule has 204 valence electrons. The molecular formula is C28H32FN7O3. The first-order valence-electron chi connectivity index (χ1n) is 12.9. The van der Waals surface area contributed by atoms with E-state index in [0.29, 0.717) is 35.5 Å². The van der Waals surface area contributed by atoms with Crippen molar-refractivity contribution < 1.29 is 18.7 Å². The number of aromatic nitrogens is 5. The van der Waals surface area contributed by atoms with Gasteiger partial charge in [0.2, 0.25) is 0 Å². The number of likely N-dealkylation sites (tertiary alicyclic amines) is 1. The molecule has 1 amide bonds. The molecule has 0 radical (unpaired) electrons. The summed E-state index contributed by atoms with van der Waals surface area (Å²) in [4.78, 5) is 31.6. The van der Waals surface area contributed by atoms with Gasteiger partial charge in [-0.2, -0.15) is 0 Å². The predicted molar refractivity (Wildman–Crippen MR) is 145 cm³/mol. The van der Waals surface area contributed by atoms with Crippen molar-refractivity contribution in [3.05, 3.63) is 59.6 Å². The number of carbonyl (C=O) groups excluding carboxylic acids is 1. The van der Waals surface area contributed by atoms with Crippen molar-refractivity contribution in [2.75, 3.05) is 18.8 Å². The fourth-order valence-corrected chi connectivity index (χ4v) is 5.03.